The number of hydrogen-bond acceptors (Lipinski definition) is 1. The summed E-state index contributed by atoms with van der Waals surface area (Å²) < 4.78 is 0. The fraction of sp³-hybridized carbons (Fsp3) is 0.778. The summed E-state index contributed by atoms with van der Waals surface area (Å²) in [5.41, 5.74) is 0. The molecule has 2 saturated carbocycles. The van der Waals surface area contributed by atoms with E-state index in [0.29, 0.717) is 0 Å². The first-order valence-electron chi connectivity index (χ1n) is 8.23. The fourth-order valence-electron chi connectivity index (χ4n) is 4.14. The average Bonchev–Trinajstić information content (AvgIpc) is 2.47. The van der Waals surface area contributed by atoms with Crippen molar-refractivity contribution < 1.29 is 5.11 Å². The molecule has 19 heavy (non-hydrogen) atoms. The first kappa shape index (κ1) is 14.8. The van der Waals surface area contributed by atoms with E-state index < -0.39 is 0 Å². The molecule has 2 fully saturated rings. The van der Waals surface area contributed by atoms with Crippen LogP contribution in [-0.2, 0) is 0 Å². The van der Waals surface area contributed by atoms with Gasteiger partial charge in [0.25, 0.3) is 0 Å². The van der Waals surface area contributed by atoms with Crippen molar-refractivity contribution in [2.45, 2.75) is 58.3 Å². The van der Waals surface area contributed by atoms with Crippen LogP contribution >= 0.6 is 0 Å². The van der Waals surface area contributed by atoms with Gasteiger partial charge < -0.3 is 5.11 Å². The van der Waals surface area contributed by atoms with Crippen molar-refractivity contribution in [3.8, 4) is 0 Å². The summed E-state index contributed by atoms with van der Waals surface area (Å²) >= 11 is 0. The van der Waals surface area contributed by atoms with Gasteiger partial charge >= 0.3 is 0 Å². The van der Waals surface area contributed by atoms with Crippen molar-refractivity contribution in [3.05, 3.63) is 24.3 Å². The standard InChI is InChI=1S/C18H30O/c1-2-4-15-6-10-17(11-7-15)18-12-8-16(9-13-18)5-3-14-19/h2-5,15-19H,6-14H2,1H3/b4-2+,5-3+. The van der Waals surface area contributed by atoms with Gasteiger partial charge in [0.1, 0.15) is 0 Å². The molecule has 0 unspecified atom stereocenters. The third-order valence-electron chi connectivity index (χ3n) is 5.28. The highest BCUT2D eigenvalue weighted by molar-refractivity contribution is 4.94. The quantitative estimate of drug-likeness (QED) is 0.727. The lowest BCUT2D eigenvalue weighted by atomic mass is 9.69. The monoisotopic (exact) mass is 262 g/mol. The molecule has 1 heteroatoms. The summed E-state index contributed by atoms with van der Waals surface area (Å²) in [6.07, 6.45) is 20.1. The molecule has 0 aromatic heterocycles. The highest BCUT2D eigenvalue weighted by atomic mass is 16.2. The Morgan fingerprint density at radius 1 is 0.789 bits per heavy atom. The summed E-state index contributed by atoms with van der Waals surface area (Å²) in [6.45, 7) is 2.35. The molecule has 1 nitrogen and oxygen atoms in total. The molecule has 0 radical (unpaired) electrons. The molecular formula is C18H30O. The SMILES string of the molecule is C/C=C/C1CCC(C2CCC(/C=C/CO)CC2)CC1. The predicted molar refractivity (Wildman–Crippen MR) is 81.9 cm³/mol. The van der Waals surface area contributed by atoms with Crippen LogP contribution in [0.3, 0.4) is 0 Å². The molecule has 2 rings (SSSR count). The summed E-state index contributed by atoms with van der Waals surface area (Å²) in [6, 6.07) is 0. The Morgan fingerprint density at radius 2 is 1.26 bits per heavy atom. The van der Waals surface area contributed by atoms with Crippen molar-refractivity contribution in [2.24, 2.45) is 23.7 Å². The average molecular weight is 262 g/mol. The number of aliphatic hydroxyl groups is 1. The maximum Gasteiger partial charge on any atom is 0.0612 e. The third-order valence-corrected chi connectivity index (χ3v) is 5.28. The van der Waals surface area contributed by atoms with Gasteiger partial charge in [-0.05, 0) is 82.0 Å². The van der Waals surface area contributed by atoms with Crippen LogP contribution in [0.4, 0.5) is 0 Å². The zero-order valence-electron chi connectivity index (χ0n) is 12.4. The molecule has 0 atom stereocenters. The van der Waals surface area contributed by atoms with Crippen molar-refractivity contribution >= 4 is 0 Å². The second-order valence-corrected chi connectivity index (χ2v) is 6.49. The Labute approximate surface area is 118 Å². The van der Waals surface area contributed by atoms with Gasteiger partial charge in [-0.1, -0.05) is 24.3 Å². The van der Waals surface area contributed by atoms with Gasteiger partial charge in [0.05, 0.1) is 6.61 Å². The van der Waals surface area contributed by atoms with Crippen LogP contribution in [0.5, 0.6) is 0 Å². The molecule has 1 N–H and O–H groups in total. The van der Waals surface area contributed by atoms with Crippen molar-refractivity contribution in [3.63, 3.8) is 0 Å². The van der Waals surface area contributed by atoms with Gasteiger partial charge in [-0.15, -0.1) is 0 Å². The molecule has 0 amide bonds. The van der Waals surface area contributed by atoms with E-state index in [1.165, 1.54) is 51.4 Å². The Balaban J connectivity index is 1.72. The van der Waals surface area contributed by atoms with Gasteiger partial charge in [0, 0.05) is 0 Å². The van der Waals surface area contributed by atoms with Crippen molar-refractivity contribution in [1.82, 2.24) is 0 Å². The Kier molecular flexibility index (Phi) is 6.16. The molecule has 108 valence electrons. The maximum absolute atomic E-state index is 8.83. The normalized spacial score (nSPS) is 37.2. The Bertz CT molecular complexity index is 289. The zero-order valence-corrected chi connectivity index (χ0v) is 12.4. The number of allylic oxidation sites excluding steroid dienone is 3. The van der Waals surface area contributed by atoms with Gasteiger partial charge in [-0.2, -0.15) is 0 Å². The van der Waals surface area contributed by atoms with Crippen molar-refractivity contribution in [2.75, 3.05) is 6.61 Å². The number of rotatable bonds is 4. The van der Waals surface area contributed by atoms with Gasteiger partial charge in [-0.25, -0.2) is 0 Å². The van der Waals surface area contributed by atoms with E-state index >= 15 is 0 Å². The van der Waals surface area contributed by atoms with Crippen LogP contribution in [0.1, 0.15) is 58.3 Å². The van der Waals surface area contributed by atoms with E-state index in [1.807, 2.05) is 6.08 Å². The molecule has 0 aromatic rings. The van der Waals surface area contributed by atoms with Crippen LogP contribution in [0.15, 0.2) is 24.3 Å². The lowest BCUT2D eigenvalue weighted by Gasteiger charge is -2.36. The molecule has 0 spiro atoms. The molecule has 0 aromatic carbocycles. The van der Waals surface area contributed by atoms with Crippen LogP contribution in [0, 0.1) is 23.7 Å². The Morgan fingerprint density at radius 3 is 1.68 bits per heavy atom. The molecule has 0 saturated heterocycles. The minimum absolute atomic E-state index is 0.203. The molecular weight excluding hydrogens is 232 g/mol. The molecule has 0 bridgehead atoms. The van der Waals surface area contributed by atoms with Crippen LogP contribution in [-0.4, -0.2) is 11.7 Å². The van der Waals surface area contributed by atoms with E-state index in [2.05, 4.69) is 25.2 Å². The van der Waals surface area contributed by atoms with Gasteiger partial charge in [-0.3, -0.25) is 0 Å². The van der Waals surface area contributed by atoms with Crippen LogP contribution < -0.4 is 0 Å². The minimum Gasteiger partial charge on any atom is -0.392 e. The summed E-state index contributed by atoms with van der Waals surface area (Å²) in [4.78, 5) is 0. The second kappa shape index (κ2) is 7.89. The summed E-state index contributed by atoms with van der Waals surface area (Å²) in [5, 5.41) is 8.83. The van der Waals surface area contributed by atoms with E-state index in [-0.39, 0.29) is 6.61 Å². The smallest absolute Gasteiger partial charge is 0.0612 e. The van der Waals surface area contributed by atoms with E-state index in [9.17, 15) is 0 Å². The lowest BCUT2D eigenvalue weighted by Crippen LogP contribution is -2.25. The van der Waals surface area contributed by atoms with E-state index in [0.717, 1.165) is 23.7 Å². The minimum atomic E-state index is 0.203. The topological polar surface area (TPSA) is 20.2 Å². The highest BCUT2D eigenvalue weighted by Crippen LogP contribution is 2.41. The van der Waals surface area contributed by atoms with E-state index in [4.69, 9.17) is 5.11 Å². The van der Waals surface area contributed by atoms with Crippen molar-refractivity contribution in [1.29, 1.82) is 0 Å². The number of hydrogen-bond donors (Lipinski definition) is 1. The first-order valence-corrected chi connectivity index (χ1v) is 8.23. The third kappa shape index (κ3) is 4.49. The predicted octanol–water partition coefficient (Wildman–Crippen LogP) is 4.72. The maximum atomic E-state index is 8.83. The second-order valence-electron chi connectivity index (χ2n) is 6.49. The fourth-order valence-corrected chi connectivity index (χ4v) is 4.14. The van der Waals surface area contributed by atoms with Crippen LogP contribution in [0.25, 0.3) is 0 Å². The number of aliphatic hydroxyl groups excluding tert-OH is 1. The molecule has 0 heterocycles. The largest absolute Gasteiger partial charge is 0.392 e. The zero-order chi connectivity index (χ0) is 13.5. The molecule has 0 aliphatic heterocycles. The summed E-state index contributed by atoms with van der Waals surface area (Å²) in [5.74, 6) is 3.60. The summed E-state index contributed by atoms with van der Waals surface area (Å²) in [7, 11) is 0. The van der Waals surface area contributed by atoms with Gasteiger partial charge in [0.15, 0.2) is 0 Å². The highest BCUT2D eigenvalue weighted by Gasteiger charge is 2.29. The van der Waals surface area contributed by atoms with Crippen LogP contribution in [0.2, 0.25) is 0 Å². The van der Waals surface area contributed by atoms with E-state index in [1.54, 1.807) is 0 Å². The lowest BCUT2D eigenvalue weighted by molar-refractivity contribution is 0.166. The Hall–Kier alpha value is -0.560. The first-order chi connectivity index (χ1) is 9.33. The van der Waals surface area contributed by atoms with Gasteiger partial charge in [0.2, 0.25) is 0 Å². The molecule has 2 aliphatic carbocycles. The molecule has 2 aliphatic rings.